The van der Waals surface area contributed by atoms with Crippen LogP contribution in [0.4, 0.5) is 35.9 Å². The van der Waals surface area contributed by atoms with Crippen molar-refractivity contribution in [2.24, 2.45) is 28.0 Å². The number of aromatic hydroxyl groups is 1. The van der Waals surface area contributed by atoms with Crippen molar-refractivity contribution < 1.29 is 42.2 Å². The van der Waals surface area contributed by atoms with Gasteiger partial charge in [0.05, 0.1) is 28.9 Å². The van der Waals surface area contributed by atoms with Crippen molar-refractivity contribution in [1.82, 2.24) is 0 Å². The third kappa shape index (κ3) is 6.02. The molecule has 0 radical (unpaired) electrons. The summed E-state index contributed by atoms with van der Waals surface area (Å²) in [6.45, 7) is 1.47. The Labute approximate surface area is 290 Å². The maximum atomic E-state index is 14.2. The van der Waals surface area contributed by atoms with Gasteiger partial charge in [0.1, 0.15) is 11.5 Å². The number of fused-ring (bicyclic) bond motifs is 3. The monoisotopic (exact) mass is 696 g/mol. The van der Waals surface area contributed by atoms with Crippen molar-refractivity contribution in [1.29, 1.82) is 0 Å². The number of Topliss-reactive ketones (excluding diaryl/α,β-unsaturated/α-hetero) is 1. The molecular weight excluding hydrogens is 665 g/mol. The molecule has 3 aliphatic carbocycles. The molecule has 2 amide bonds. The van der Waals surface area contributed by atoms with Crippen LogP contribution in [0.2, 0.25) is 0 Å². The van der Waals surface area contributed by atoms with E-state index >= 15 is 0 Å². The largest absolute Gasteiger partial charge is 0.573 e. The quantitative estimate of drug-likeness (QED) is 0.123. The number of phenolic OH excluding ortho intramolecular Hbond substituents is 1. The van der Waals surface area contributed by atoms with Crippen molar-refractivity contribution in [3.8, 4) is 11.5 Å². The van der Waals surface area contributed by atoms with E-state index in [9.17, 15) is 37.5 Å². The zero-order valence-electron chi connectivity index (χ0n) is 27.6. The van der Waals surface area contributed by atoms with E-state index in [2.05, 4.69) is 15.0 Å². The number of azo groups is 1. The van der Waals surface area contributed by atoms with E-state index in [-0.39, 0.29) is 35.1 Å². The molecule has 10 nitrogen and oxygen atoms in total. The van der Waals surface area contributed by atoms with Gasteiger partial charge in [0, 0.05) is 48.0 Å². The first-order valence-corrected chi connectivity index (χ1v) is 16.2. The molecule has 0 bridgehead atoms. The minimum atomic E-state index is -5.03. The van der Waals surface area contributed by atoms with Gasteiger partial charge < -0.3 is 14.7 Å². The lowest BCUT2D eigenvalue weighted by Gasteiger charge is -2.42. The number of anilines is 2. The number of halogens is 3. The van der Waals surface area contributed by atoms with Gasteiger partial charge in [0.15, 0.2) is 11.6 Å². The van der Waals surface area contributed by atoms with E-state index < -0.39 is 64.9 Å². The highest BCUT2D eigenvalue weighted by Crippen LogP contribution is 2.56. The Bertz CT molecular complexity index is 2120. The predicted molar refractivity (Wildman–Crippen MR) is 180 cm³/mol. The molecule has 1 fully saturated rings. The Morgan fingerprint density at radius 3 is 2.16 bits per heavy atom. The number of carbonyl (C=O) groups is 4. The highest BCUT2D eigenvalue weighted by Gasteiger charge is 2.57. The molecule has 4 atom stereocenters. The molecule has 4 aliphatic rings. The Balaban J connectivity index is 1.21. The summed E-state index contributed by atoms with van der Waals surface area (Å²) in [6.07, 6.45) is -2.05. The number of alkyl halides is 3. The first kappa shape index (κ1) is 33.6. The number of ether oxygens (including phenoxy) is 1. The number of hydrogen-bond acceptors (Lipinski definition) is 9. The molecule has 51 heavy (non-hydrogen) atoms. The second kappa shape index (κ2) is 12.5. The number of imide groups is 1. The van der Waals surface area contributed by atoms with E-state index in [1.807, 2.05) is 43.3 Å². The van der Waals surface area contributed by atoms with Crippen LogP contribution in [-0.2, 0) is 19.2 Å². The summed E-state index contributed by atoms with van der Waals surface area (Å²) in [5, 5.41) is 19.5. The summed E-state index contributed by atoms with van der Waals surface area (Å²) < 4.78 is 43.7. The Hall–Kier alpha value is -5.85. The number of rotatable bonds is 6. The normalized spacial score (nSPS) is 23.2. The van der Waals surface area contributed by atoms with Gasteiger partial charge in [0.2, 0.25) is 11.8 Å². The van der Waals surface area contributed by atoms with Gasteiger partial charge in [-0.3, -0.25) is 24.1 Å². The molecule has 3 aromatic rings. The summed E-state index contributed by atoms with van der Waals surface area (Å²) in [7, 11) is 3.86. The lowest BCUT2D eigenvalue weighted by molar-refractivity contribution is -0.274. The van der Waals surface area contributed by atoms with Crippen molar-refractivity contribution in [3.63, 3.8) is 0 Å². The molecule has 1 saturated heterocycles. The molecule has 1 heterocycles. The minimum absolute atomic E-state index is 0.0333. The van der Waals surface area contributed by atoms with Crippen molar-refractivity contribution in [3.05, 3.63) is 107 Å². The molecule has 260 valence electrons. The van der Waals surface area contributed by atoms with Gasteiger partial charge >= 0.3 is 6.36 Å². The number of carbonyl (C=O) groups excluding carboxylic acids is 4. The number of amides is 2. The van der Waals surface area contributed by atoms with Gasteiger partial charge in [-0.05, 0) is 98.5 Å². The van der Waals surface area contributed by atoms with Gasteiger partial charge in [-0.1, -0.05) is 11.6 Å². The maximum absolute atomic E-state index is 14.2. The number of nitrogens with zero attached hydrogens (tertiary/aromatic N) is 4. The lowest BCUT2D eigenvalue weighted by atomic mass is 9.59. The lowest BCUT2D eigenvalue weighted by Crippen LogP contribution is -2.39. The highest BCUT2D eigenvalue weighted by molar-refractivity contribution is 6.25. The second-order valence-electron chi connectivity index (χ2n) is 13.1. The van der Waals surface area contributed by atoms with Crippen molar-refractivity contribution in [2.45, 2.75) is 32.0 Å². The summed E-state index contributed by atoms with van der Waals surface area (Å²) in [5.41, 5.74) is 3.13. The Kier molecular flexibility index (Phi) is 8.23. The zero-order valence-corrected chi connectivity index (χ0v) is 27.6. The van der Waals surface area contributed by atoms with E-state index in [1.54, 1.807) is 30.3 Å². The average Bonchev–Trinajstić information content (AvgIpc) is 3.35. The van der Waals surface area contributed by atoms with Crippen LogP contribution in [-0.4, -0.2) is 48.9 Å². The Morgan fingerprint density at radius 2 is 1.53 bits per heavy atom. The molecule has 0 aromatic heterocycles. The first-order chi connectivity index (χ1) is 24.2. The van der Waals surface area contributed by atoms with Crippen LogP contribution < -0.4 is 14.5 Å². The fraction of sp³-hybridized carbons (Fsp3) is 0.263. The topological polar surface area (TPSA) is 129 Å². The van der Waals surface area contributed by atoms with Crippen LogP contribution in [0, 0.1) is 17.8 Å². The second-order valence-corrected chi connectivity index (χ2v) is 13.1. The number of allylic oxidation sites excluding steroid dienone is 6. The summed E-state index contributed by atoms with van der Waals surface area (Å²) in [5.74, 6) is -6.55. The molecule has 0 saturated carbocycles. The smallest absolute Gasteiger partial charge is 0.508 e. The zero-order chi connectivity index (χ0) is 36.4. The highest BCUT2D eigenvalue weighted by atomic mass is 19.4. The standard InChI is InChI=1S/C38H31F3N4O6/c1-19-16-31(47)29-18-27-25(32(34(29)35(19)48)28-17-24(12-15-30(28)46)51-38(39,40)41)13-14-26-33(27)37(50)45(36(26)49)23-10-6-21(7-11-23)43-42-20-4-8-22(9-5-20)44(2)3/h4-13,15-17,26-27,32-33,46H,14,18H2,1-3H3. The van der Waals surface area contributed by atoms with Crippen molar-refractivity contribution in [2.75, 3.05) is 23.9 Å². The molecule has 3 aromatic carbocycles. The van der Waals surface area contributed by atoms with E-state index in [0.29, 0.717) is 22.6 Å². The average molecular weight is 697 g/mol. The van der Waals surface area contributed by atoms with Crippen molar-refractivity contribution >= 4 is 46.1 Å². The molecule has 1 aliphatic heterocycles. The van der Waals surface area contributed by atoms with Crippen LogP contribution in [0.15, 0.2) is 111 Å². The van der Waals surface area contributed by atoms with Crippen LogP contribution in [0.5, 0.6) is 11.5 Å². The van der Waals surface area contributed by atoms with Gasteiger partial charge in [-0.2, -0.15) is 10.2 Å². The molecule has 0 spiro atoms. The third-order valence-corrected chi connectivity index (χ3v) is 9.86. The molecule has 4 unspecified atom stereocenters. The minimum Gasteiger partial charge on any atom is -0.508 e. The van der Waals surface area contributed by atoms with Gasteiger partial charge in [0.25, 0.3) is 0 Å². The van der Waals surface area contributed by atoms with Gasteiger partial charge in [-0.15, -0.1) is 13.2 Å². The molecule has 1 N–H and O–H groups in total. The Morgan fingerprint density at radius 1 is 0.882 bits per heavy atom. The van der Waals surface area contributed by atoms with E-state index in [4.69, 9.17) is 0 Å². The summed E-state index contributed by atoms with van der Waals surface area (Å²) in [6, 6.07) is 16.9. The number of benzene rings is 3. The fourth-order valence-electron chi connectivity index (χ4n) is 7.53. The molecule has 7 rings (SSSR count). The van der Waals surface area contributed by atoms with Crippen LogP contribution >= 0.6 is 0 Å². The number of hydrogen-bond donors (Lipinski definition) is 1. The SMILES string of the molecule is CC1=CC(=O)C2=C(C1=O)C(c1cc(OC(F)(F)F)ccc1O)C1=CCC3C(=O)N(c4ccc(N=Nc5ccc(N(C)C)cc5)cc4)C(=O)C3C1C2. The van der Waals surface area contributed by atoms with Crippen LogP contribution in [0.1, 0.15) is 31.2 Å². The van der Waals surface area contributed by atoms with Gasteiger partial charge in [-0.25, -0.2) is 0 Å². The number of ketones is 2. The van der Waals surface area contributed by atoms with Crippen LogP contribution in [0.3, 0.4) is 0 Å². The molecular formula is C38H31F3N4O6. The molecule has 13 heteroatoms. The predicted octanol–water partition coefficient (Wildman–Crippen LogP) is 7.41. The fourth-order valence-corrected chi connectivity index (χ4v) is 7.53. The van der Waals surface area contributed by atoms with E-state index in [1.165, 1.54) is 13.0 Å². The first-order valence-electron chi connectivity index (χ1n) is 16.2. The maximum Gasteiger partial charge on any atom is 0.573 e. The summed E-state index contributed by atoms with van der Waals surface area (Å²) >= 11 is 0. The van der Waals surface area contributed by atoms with E-state index in [0.717, 1.165) is 28.8 Å². The third-order valence-electron chi connectivity index (χ3n) is 9.86. The summed E-state index contributed by atoms with van der Waals surface area (Å²) in [4.78, 5) is 58.1. The number of phenols is 1. The van der Waals surface area contributed by atoms with Crippen LogP contribution in [0.25, 0.3) is 0 Å².